The van der Waals surface area contributed by atoms with Crippen molar-refractivity contribution in [3.05, 3.63) is 0 Å². The summed E-state index contributed by atoms with van der Waals surface area (Å²) in [6.07, 6.45) is 1.23. The number of esters is 1. The molecule has 0 bridgehead atoms. The third-order valence-corrected chi connectivity index (χ3v) is 5.04. The van der Waals surface area contributed by atoms with E-state index in [1.54, 1.807) is 0 Å². The molecule has 0 rings (SSSR count). The van der Waals surface area contributed by atoms with Crippen LogP contribution in [0.15, 0.2) is 0 Å². The molecule has 0 radical (unpaired) electrons. The Morgan fingerprint density at radius 2 is 0.595 bits per heavy atom. The zero-order chi connectivity index (χ0) is 30.4. The molecule has 0 atom stereocenters. The Labute approximate surface area is 256 Å². The Morgan fingerprint density at radius 3 is 0.810 bits per heavy atom. The summed E-state index contributed by atoms with van der Waals surface area (Å²) < 4.78 is 64.4. The van der Waals surface area contributed by atoms with E-state index < -0.39 is 0 Å². The van der Waals surface area contributed by atoms with Crippen LogP contribution in [-0.2, 0) is 61.6 Å². The summed E-state index contributed by atoms with van der Waals surface area (Å²) in [4.78, 5) is 11.2. The molecule has 0 aromatic rings. The number of carbonyl (C=O) groups is 1. The van der Waals surface area contributed by atoms with Crippen molar-refractivity contribution >= 4 is 17.6 Å². The van der Waals surface area contributed by atoms with Gasteiger partial charge in [-0.15, -0.1) is 11.6 Å². The van der Waals surface area contributed by atoms with E-state index in [2.05, 4.69) is 0 Å². The maximum atomic E-state index is 11.2. The second kappa shape index (κ2) is 38.3. The van der Waals surface area contributed by atoms with Crippen molar-refractivity contribution in [2.45, 2.75) is 19.8 Å². The van der Waals surface area contributed by atoms with Gasteiger partial charge in [0.15, 0.2) is 0 Å². The Hall–Kier alpha value is -0.680. The lowest BCUT2D eigenvalue weighted by Gasteiger charge is -2.09. The summed E-state index contributed by atoms with van der Waals surface area (Å²) in [7, 11) is 0. The van der Waals surface area contributed by atoms with Crippen LogP contribution in [0.3, 0.4) is 0 Å². The molecule has 252 valence electrons. The summed E-state index contributed by atoms with van der Waals surface area (Å²) in [6.45, 7) is 13.2. The van der Waals surface area contributed by atoms with E-state index in [4.69, 9.17) is 68.4 Å². The second-order valence-electron chi connectivity index (χ2n) is 8.40. The van der Waals surface area contributed by atoms with Gasteiger partial charge in [-0.3, -0.25) is 4.79 Å². The first-order valence-corrected chi connectivity index (χ1v) is 15.4. The molecule has 0 aliphatic carbocycles. The standard InChI is InChI=1S/C28H55ClO13/c1-2-3-28(30)42-27-26-41-25-24-40-23-22-39-21-20-38-19-18-37-17-16-36-15-14-35-13-12-34-11-10-33-9-8-32-7-6-31-5-4-29/h2-27H2,1H3. The van der Waals surface area contributed by atoms with Gasteiger partial charge in [0.2, 0.25) is 0 Å². The molecule has 0 aliphatic rings. The molecule has 0 spiro atoms. The van der Waals surface area contributed by atoms with E-state index in [-0.39, 0.29) is 12.6 Å². The van der Waals surface area contributed by atoms with Crippen molar-refractivity contribution in [2.24, 2.45) is 0 Å². The molecule has 0 unspecified atom stereocenters. The van der Waals surface area contributed by atoms with Gasteiger partial charge in [0, 0.05) is 12.3 Å². The number of hydrogen-bond donors (Lipinski definition) is 0. The molecule has 13 nitrogen and oxygen atoms in total. The predicted molar refractivity (Wildman–Crippen MR) is 156 cm³/mol. The second-order valence-corrected chi connectivity index (χ2v) is 8.77. The summed E-state index contributed by atoms with van der Waals surface area (Å²) in [6, 6.07) is 0. The fourth-order valence-electron chi connectivity index (χ4n) is 2.85. The van der Waals surface area contributed by atoms with E-state index >= 15 is 0 Å². The topological polar surface area (TPSA) is 128 Å². The summed E-state index contributed by atoms with van der Waals surface area (Å²) >= 11 is 5.50. The number of rotatable bonds is 37. The zero-order valence-corrected chi connectivity index (χ0v) is 26.3. The van der Waals surface area contributed by atoms with E-state index in [0.29, 0.717) is 158 Å². The number of alkyl halides is 1. The summed E-state index contributed by atoms with van der Waals surface area (Å²) in [5, 5.41) is 0. The highest BCUT2D eigenvalue weighted by molar-refractivity contribution is 6.17. The Bertz CT molecular complexity index is 520. The van der Waals surface area contributed by atoms with Gasteiger partial charge in [0.1, 0.15) is 6.61 Å². The van der Waals surface area contributed by atoms with Crippen LogP contribution < -0.4 is 0 Å². The fourth-order valence-corrected chi connectivity index (χ4v) is 2.96. The lowest BCUT2D eigenvalue weighted by molar-refractivity contribution is -0.145. The molecular weight excluding hydrogens is 580 g/mol. The van der Waals surface area contributed by atoms with Crippen molar-refractivity contribution in [1.82, 2.24) is 0 Å². The van der Waals surface area contributed by atoms with Crippen molar-refractivity contribution < 1.29 is 61.6 Å². The van der Waals surface area contributed by atoms with Crippen LogP contribution in [0.4, 0.5) is 0 Å². The Kier molecular flexibility index (Phi) is 37.7. The average Bonchev–Trinajstić information content (AvgIpc) is 2.99. The molecule has 0 aromatic carbocycles. The van der Waals surface area contributed by atoms with Crippen LogP contribution in [0.1, 0.15) is 19.8 Å². The molecule has 0 heterocycles. The van der Waals surface area contributed by atoms with E-state index in [1.165, 1.54) is 0 Å². The van der Waals surface area contributed by atoms with Gasteiger partial charge in [-0.2, -0.15) is 0 Å². The first-order chi connectivity index (χ1) is 20.8. The smallest absolute Gasteiger partial charge is 0.305 e. The third kappa shape index (κ3) is 37.3. The highest BCUT2D eigenvalue weighted by atomic mass is 35.5. The molecule has 0 amide bonds. The third-order valence-electron chi connectivity index (χ3n) is 4.89. The van der Waals surface area contributed by atoms with Gasteiger partial charge in [0.25, 0.3) is 0 Å². The minimum absolute atomic E-state index is 0.189. The first kappa shape index (κ1) is 41.3. The van der Waals surface area contributed by atoms with Gasteiger partial charge >= 0.3 is 5.97 Å². The van der Waals surface area contributed by atoms with Gasteiger partial charge in [-0.05, 0) is 6.42 Å². The normalized spacial score (nSPS) is 11.4. The lowest BCUT2D eigenvalue weighted by Crippen LogP contribution is -2.15. The molecule has 0 fully saturated rings. The van der Waals surface area contributed by atoms with Crippen molar-refractivity contribution in [3.8, 4) is 0 Å². The first-order valence-electron chi connectivity index (χ1n) is 14.9. The Morgan fingerprint density at radius 1 is 0.381 bits per heavy atom. The maximum absolute atomic E-state index is 11.2. The molecule has 0 saturated heterocycles. The van der Waals surface area contributed by atoms with Gasteiger partial charge in [-0.25, -0.2) is 0 Å². The van der Waals surface area contributed by atoms with Gasteiger partial charge in [0.05, 0.1) is 145 Å². The maximum Gasteiger partial charge on any atom is 0.305 e. The number of ether oxygens (including phenoxy) is 12. The van der Waals surface area contributed by atoms with Crippen LogP contribution in [-0.4, -0.2) is 164 Å². The molecule has 0 N–H and O–H groups in total. The molecule has 42 heavy (non-hydrogen) atoms. The molecule has 0 saturated carbocycles. The minimum atomic E-state index is -0.189. The largest absolute Gasteiger partial charge is 0.463 e. The molecule has 0 aliphatic heterocycles. The van der Waals surface area contributed by atoms with Gasteiger partial charge < -0.3 is 56.8 Å². The summed E-state index contributed by atoms with van der Waals surface area (Å²) in [5.74, 6) is 0.307. The number of carbonyl (C=O) groups excluding carboxylic acids is 1. The van der Waals surface area contributed by atoms with E-state index in [9.17, 15) is 4.79 Å². The van der Waals surface area contributed by atoms with Gasteiger partial charge in [-0.1, -0.05) is 6.92 Å². The van der Waals surface area contributed by atoms with Crippen molar-refractivity contribution in [3.63, 3.8) is 0 Å². The highest BCUT2D eigenvalue weighted by Crippen LogP contribution is 1.91. The van der Waals surface area contributed by atoms with E-state index in [1.807, 2.05) is 6.92 Å². The monoisotopic (exact) mass is 634 g/mol. The minimum Gasteiger partial charge on any atom is -0.463 e. The lowest BCUT2D eigenvalue weighted by atomic mass is 10.3. The quantitative estimate of drug-likeness (QED) is 0.0560. The summed E-state index contributed by atoms with van der Waals surface area (Å²) in [5.41, 5.74) is 0. The average molecular weight is 635 g/mol. The van der Waals surface area contributed by atoms with Crippen molar-refractivity contribution in [1.29, 1.82) is 0 Å². The van der Waals surface area contributed by atoms with Crippen LogP contribution in [0.2, 0.25) is 0 Å². The van der Waals surface area contributed by atoms with Crippen LogP contribution in [0.5, 0.6) is 0 Å². The molecular formula is C28H55ClO13. The highest BCUT2D eigenvalue weighted by Gasteiger charge is 2.00. The zero-order valence-electron chi connectivity index (χ0n) is 25.6. The Balaban J connectivity index is 3.05. The predicted octanol–water partition coefficient (Wildman–Crippen LogP) is 1.75. The fraction of sp³-hybridized carbons (Fsp3) is 0.964. The van der Waals surface area contributed by atoms with Crippen molar-refractivity contribution in [2.75, 3.05) is 158 Å². The van der Waals surface area contributed by atoms with Crippen LogP contribution in [0.25, 0.3) is 0 Å². The molecule has 14 heteroatoms. The number of hydrogen-bond acceptors (Lipinski definition) is 13. The SMILES string of the molecule is CCCC(=O)OCCOCCOCCOCCOCCOCCOCCOCCOCCOCCOCCOCCCl. The van der Waals surface area contributed by atoms with Crippen LogP contribution >= 0.6 is 11.6 Å². The number of halogens is 1. The van der Waals surface area contributed by atoms with Crippen LogP contribution in [0, 0.1) is 0 Å². The van der Waals surface area contributed by atoms with E-state index in [0.717, 1.165) is 6.42 Å². The molecule has 0 aromatic heterocycles.